The third-order valence-corrected chi connectivity index (χ3v) is 3.26. The van der Waals surface area contributed by atoms with Gasteiger partial charge in [0.1, 0.15) is 0 Å². The fourth-order valence-corrected chi connectivity index (χ4v) is 2.44. The molecule has 1 aromatic rings. The van der Waals surface area contributed by atoms with E-state index in [2.05, 4.69) is 25.1 Å². The van der Waals surface area contributed by atoms with Gasteiger partial charge in [0.05, 0.1) is 6.54 Å². The Bertz CT molecular complexity index is 415. The second-order valence-electron chi connectivity index (χ2n) is 4.71. The van der Waals surface area contributed by atoms with Crippen LogP contribution >= 0.6 is 0 Å². The lowest BCUT2D eigenvalue weighted by Crippen LogP contribution is -2.34. The van der Waals surface area contributed by atoms with E-state index in [0.717, 1.165) is 25.9 Å². The number of carbonyl (C=O) groups is 1. The summed E-state index contributed by atoms with van der Waals surface area (Å²) in [4.78, 5) is 12.7. The van der Waals surface area contributed by atoms with E-state index < -0.39 is 5.97 Å². The number of nitrogens with zero attached hydrogens (tertiary/aromatic N) is 1. The highest BCUT2D eigenvalue weighted by Gasteiger charge is 2.17. The van der Waals surface area contributed by atoms with Gasteiger partial charge in [0.15, 0.2) is 0 Å². The van der Waals surface area contributed by atoms with E-state index in [-0.39, 0.29) is 6.54 Å². The van der Waals surface area contributed by atoms with Crippen molar-refractivity contribution in [1.29, 1.82) is 0 Å². The van der Waals surface area contributed by atoms with Crippen LogP contribution in [0.5, 0.6) is 0 Å². The first-order valence-corrected chi connectivity index (χ1v) is 6.24. The first-order valence-electron chi connectivity index (χ1n) is 6.24. The Hall–Kier alpha value is -1.35. The van der Waals surface area contributed by atoms with Crippen molar-refractivity contribution in [1.82, 2.24) is 4.90 Å². The van der Waals surface area contributed by atoms with Gasteiger partial charge in [0.25, 0.3) is 0 Å². The Morgan fingerprint density at radius 2 is 2.24 bits per heavy atom. The van der Waals surface area contributed by atoms with Crippen molar-refractivity contribution in [3.8, 4) is 0 Å². The van der Waals surface area contributed by atoms with Gasteiger partial charge in [-0.1, -0.05) is 31.5 Å². The molecule has 0 fully saturated rings. The molecular formula is C14H19NO2. The maximum absolute atomic E-state index is 10.7. The van der Waals surface area contributed by atoms with Crippen molar-refractivity contribution in [2.45, 2.75) is 32.7 Å². The predicted octanol–water partition coefficient (Wildman–Crippen LogP) is 2.08. The molecule has 0 atom stereocenters. The van der Waals surface area contributed by atoms with Crippen LogP contribution in [0, 0.1) is 0 Å². The third-order valence-electron chi connectivity index (χ3n) is 3.26. The van der Waals surface area contributed by atoms with E-state index in [4.69, 9.17) is 5.11 Å². The van der Waals surface area contributed by atoms with Crippen LogP contribution in [0.3, 0.4) is 0 Å². The van der Waals surface area contributed by atoms with Gasteiger partial charge in [0, 0.05) is 13.1 Å². The van der Waals surface area contributed by atoms with Gasteiger partial charge in [-0.3, -0.25) is 9.69 Å². The third kappa shape index (κ3) is 3.07. The molecule has 2 rings (SSSR count). The standard InChI is InChI=1S/C14H19NO2/c1-2-3-11-4-5-13-9-15(10-14(16)17)7-6-12(13)8-11/h4-5,8H,2-3,6-7,9-10H2,1H3,(H,16,17). The minimum atomic E-state index is -0.740. The molecule has 1 aromatic carbocycles. The van der Waals surface area contributed by atoms with Crippen molar-refractivity contribution in [2.75, 3.05) is 13.1 Å². The van der Waals surface area contributed by atoms with E-state index >= 15 is 0 Å². The Morgan fingerprint density at radius 3 is 2.94 bits per heavy atom. The molecule has 0 unspecified atom stereocenters. The van der Waals surface area contributed by atoms with Crippen molar-refractivity contribution in [3.05, 3.63) is 34.9 Å². The van der Waals surface area contributed by atoms with Crippen LogP contribution in [0.2, 0.25) is 0 Å². The number of hydrogen-bond acceptors (Lipinski definition) is 2. The number of aliphatic carboxylic acids is 1. The van der Waals surface area contributed by atoms with E-state index in [9.17, 15) is 4.79 Å². The van der Waals surface area contributed by atoms with Crippen molar-refractivity contribution >= 4 is 5.97 Å². The largest absolute Gasteiger partial charge is 0.480 e. The minimum absolute atomic E-state index is 0.149. The zero-order valence-corrected chi connectivity index (χ0v) is 10.3. The summed E-state index contributed by atoms with van der Waals surface area (Å²) < 4.78 is 0. The number of aryl methyl sites for hydroxylation is 1. The quantitative estimate of drug-likeness (QED) is 0.865. The van der Waals surface area contributed by atoms with Gasteiger partial charge in [-0.05, 0) is 29.5 Å². The van der Waals surface area contributed by atoms with Crippen LogP contribution in [0.15, 0.2) is 18.2 Å². The number of carboxylic acid groups (broad SMARTS) is 1. The van der Waals surface area contributed by atoms with Gasteiger partial charge < -0.3 is 5.11 Å². The number of benzene rings is 1. The smallest absolute Gasteiger partial charge is 0.317 e. The van der Waals surface area contributed by atoms with E-state index in [0.29, 0.717) is 0 Å². The molecule has 1 aliphatic rings. The van der Waals surface area contributed by atoms with Crippen molar-refractivity contribution in [3.63, 3.8) is 0 Å². The molecule has 0 aliphatic carbocycles. The highest BCUT2D eigenvalue weighted by atomic mass is 16.4. The summed E-state index contributed by atoms with van der Waals surface area (Å²) in [6, 6.07) is 6.62. The molecule has 1 heterocycles. The molecule has 0 amide bonds. The predicted molar refractivity (Wildman–Crippen MR) is 67.1 cm³/mol. The highest BCUT2D eigenvalue weighted by molar-refractivity contribution is 5.69. The van der Waals surface area contributed by atoms with Crippen LogP contribution in [-0.2, 0) is 24.2 Å². The summed E-state index contributed by atoms with van der Waals surface area (Å²) in [6.45, 7) is 3.97. The maximum atomic E-state index is 10.7. The molecule has 0 saturated carbocycles. The molecule has 0 radical (unpaired) electrons. The topological polar surface area (TPSA) is 40.5 Å². The second kappa shape index (κ2) is 5.32. The Labute approximate surface area is 102 Å². The molecule has 92 valence electrons. The minimum Gasteiger partial charge on any atom is -0.480 e. The van der Waals surface area contributed by atoms with Crippen LogP contribution in [0.25, 0.3) is 0 Å². The molecule has 0 saturated heterocycles. The monoisotopic (exact) mass is 233 g/mol. The van der Waals surface area contributed by atoms with Crippen LogP contribution in [0.1, 0.15) is 30.0 Å². The average molecular weight is 233 g/mol. The zero-order valence-electron chi connectivity index (χ0n) is 10.3. The SMILES string of the molecule is CCCc1ccc2c(c1)CCN(CC(=O)O)C2. The van der Waals surface area contributed by atoms with E-state index in [1.54, 1.807) is 0 Å². The Morgan fingerprint density at radius 1 is 1.41 bits per heavy atom. The van der Waals surface area contributed by atoms with E-state index in [1.165, 1.54) is 23.1 Å². The maximum Gasteiger partial charge on any atom is 0.317 e. The normalized spacial score (nSPS) is 15.6. The lowest BCUT2D eigenvalue weighted by Gasteiger charge is -2.27. The van der Waals surface area contributed by atoms with Crippen LogP contribution in [0.4, 0.5) is 0 Å². The summed E-state index contributed by atoms with van der Waals surface area (Å²) in [5, 5.41) is 8.79. The Balaban J connectivity index is 2.09. The lowest BCUT2D eigenvalue weighted by atomic mass is 9.96. The van der Waals surface area contributed by atoms with Crippen molar-refractivity contribution in [2.24, 2.45) is 0 Å². The lowest BCUT2D eigenvalue weighted by molar-refractivity contribution is -0.138. The van der Waals surface area contributed by atoms with Gasteiger partial charge in [-0.2, -0.15) is 0 Å². The van der Waals surface area contributed by atoms with E-state index in [1.807, 2.05) is 4.90 Å². The highest BCUT2D eigenvalue weighted by Crippen LogP contribution is 2.20. The summed E-state index contributed by atoms with van der Waals surface area (Å²) >= 11 is 0. The van der Waals surface area contributed by atoms with Gasteiger partial charge >= 0.3 is 5.97 Å². The summed E-state index contributed by atoms with van der Waals surface area (Å²) in [5.74, 6) is -0.740. The molecule has 0 bridgehead atoms. The molecule has 0 spiro atoms. The summed E-state index contributed by atoms with van der Waals surface area (Å²) in [7, 11) is 0. The molecular weight excluding hydrogens is 214 g/mol. The first-order chi connectivity index (χ1) is 8.19. The summed E-state index contributed by atoms with van der Waals surface area (Å²) in [6.07, 6.45) is 3.27. The molecule has 17 heavy (non-hydrogen) atoms. The molecule has 0 aromatic heterocycles. The number of fused-ring (bicyclic) bond motifs is 1. The average Bonchev–Trinajstić information content (AvgIpc) is 2.29. The number of rotatable bonds is 4. The van der Waals surface area contributed by atoms with Crippen LogP contribution < -0.4 is 0 Å². The summed E-state index contributed by atoms with van der Waals surface area (Å²) in [5.41, 5.74) is 4.09. The van der Waals surface area contributed by atoms with Gasteiger partial charge in [0.2, 0.25) is 0 Å². The van der Waals surface area contributed by atoms with Gasteiger partial charge in [-0.15, -0.1) is 0 Å². The molecule has 1 aliphatic heterocycles. The van der Waals surface area contributed by atoms with Crippen LogP contribution in [-0.4, -0.2) is 29.1 Å². The first kappa shape index (κ1) is 12.1. The molecule has 1 N–H and O–H groups in total. The number of carboxylic acids is 1. The van der Waals surface area contributed by atoms with Gasteiger partial charge in [-0.25, -0.2) is 0 Å². The van der Waals surface area contributed by atoms with Crippen molar-refractivity contribution < 1.29 is 9.90 Å². The second-order valence-corrected chi connectivity index (χ2v) is 4.71. The Kier molecular flexibility index (Phi) is 3.79. The zero-order chi connectivity index (χ0) is 12.3. The molecule has 3 heteroatoms. The molecule has 3 nitrogen and oxygen atoms in total. The fourth-order valence-electron chi connectivity index (χ4n) is 2.44. The number of hydrogen-bond donors (Lipinski definition) is 1. The fraction of sp³-hybridized carbons (Fsp3) is 0.500.